The highest BCUT2D eigenvalue weighted by Crippen LogP contribution is 2.56. The zero-order chi connectivity index (χ0) is 44.9. The lowest BCUT2D eigenvalue weighted by molar-refractivity contribution is -0.347. The van der Waals surface area contributed by atoms with Crippen molar-refractivity contribution in [3.8, 4) is 0 Å². The number of aliphatic hydroxyl groups excluding tert-OH is 2. The Bertz CT molecular complexity index is 1930. The van der Waals surface area contributed by atoms with E-state index < -0.39 is 84.6 Å². The van der Waals surface area contributed by atoms with E-state index in [-0.39, 0.29) is 41.6 Å². The third-order valence-corrected chi connectivity index (χ3v) is 12.5. The largest absolute Gasteiger partial charge is 0.790 e. The number of thioether (sulfide) groups is 1. The lowest BCUT2D eigenvalue weighted by Crippen LogP contribution is -2.46. The average molecular weight is 930 g/mol. The fraction of sp³-hybridized carbons (Fsp3) is 0.688. The maximum absolute atomic E-state index is 12.6. The second kappa shape index (κ2) is 23.1. The molecule has 0 aromatic carbocycles. The van der Waals surface area contributed by atoms with Gasteiger partial charge in [-0.05, 0) is 24.8 Å². The van der Waals surface area contributed by atoms with Crippen LogP contribution in [0.25, 0.3) is 11.2 Å². The van der Waals surface area contributed by atoms with Crippen LogP contribution in [-0.4, -0.2) is 103 Å². The van der Waals surface area contributed by atoms with Crippen molar-refractivity contribution < 1.29 is 80.5 Å². The highest BCUT2D eigenvalue weighted by molar-refractivity contribution is 8.14. The summed E-state index contributed by atoms with van der Waals surface area (Å²) in [4.78, 5) is 96.3. The Balaban J connectivity index is 1.42. The van der Waals surface area contributed by atoms with Crippen molar-refractivity contribution in [2.45, 2.75) is 96.9 Å². The van der Waals surface area contributed by atoms with Crippen molar-refractivity contribution >= 4 is 69.1 Å². The van der Waals surface area contributed by atoms with Gasteiger partial charge >= 0.3 is 0 Å². The van der Waals surface area contributed by atoms with E-state index in [2.05, 4.69) is 57.3 Å². The summed E-state index contributed by atoms with van der Waals surface area (Å²) < 4.78 is 60.6. The molecule has 60 heavy (non-hydrogen) atoms. The molecule has 3 heterocycles. The monoisotopic (exact) mass is 929 g/mol. The molecule has 2 aromatic rings. The van der Waals surface area contributed by atoms with Crippen molar-refractivity contribution in [3.05, 3.63) is 24.8 Å². The van der Waals surface area contributed by atoms with Crippen molar-refractivity contribution in [1.82, 2.24) is 30.2 Å². The lowest BCUT2D eigenvalue weighted by Gasteiger charge is -2.36. The molecule has 1 aliphatic rings. The van der Waals surface area contributed by atoms with E-state index in [0.29, 0.717) is 11.7 Å². The minimum Gasteiger partial charge on any atom is -0.790 e. The number of ether oxygens (including phenoxy) is 1. The second-order valence-corrected chi connectivity index (χ2v) is 19.7. The van der Waals surface area contributed by atoms with Crippen molar-refractivity contribution in [1.29, 1.82) is 0 Å². The van der Waals surface area contributed by atoms with Gasteiger partial charge in [0.15, 0.2) is 17.7 Å². The van der Waals surface area contributed by atoms with Gasteiger partial charge in [-0.15, -0.1) is 0 Å². The Morgan fingerprint density at radius 2 is 1.75 bits per heavy atom. The highest BCUT2D eigenvalue weighted by atomic mass is 32.2. The number of nitrogens with two attached hydrogens (primary N) is 1. The summed E-state index contributed by atoms with van der Waals surface area (Å²) in [6, 6.07) is 0. The van der Waals surface area contributed by atoms with E-state index in [1.54, 1.807) is 0 Å². The molecule has 2 amide bonds. The third-order valence-electron chi connectivity index (χ3n) is 8.63. The first-order chi connectivity index (χ1) is 27.9. The molecule has 24 nitrogen and oxygen atoms in total. The zero-order valence-electron chi connectivity index (χ0n) is 33.2. The van der Waals surface area contributed by atoms with Crippen LogP contribution in [0.1, 0.15) is 72.4 Å². The quantitative estimate of drug-likeness (QED) is 0.0442. The summed E-state index contributed by atoms with van der Waals surface area (Å²) in [5, 5.41) is 26.1. The Labute approximate surface area is 349 Å². The summed E-state index contributed by atoms with van der Waals surface area (Å²) in [7, 11) is -17.6. The van der Waals surface area contributed by atoms with Gasteiger partial charge in [-0.25, -0.2) is 19.3 Å². The van der Waals surface area contributed by atoms with E-state index in [0.717, 1.165) is 54.7 Å². The minimum atomic E-state index is -5.92. The van der Waals surface area contributed by atoms with E-state index in [1.165, 1.54) is 26.3 Å². The van der Waals surface area contributed by atoms with Gasteiger partial charge < -0.3 is 69.0 Å². The topological polar surface area (TPSA) is 375 Å². The molecule has 1 saturated heterocycles. The molecule has 340 valence electrons. The van der Waals surface area contributed by atoms with Crippen LogP contribution < -0.4 is 35.9 Å². The fourth-order valence-electron chi connectivity index (χ4n) is 5.48. The van der Waals surface area contributed by atoms with Crippen LogP contribution in [0.15, 0.2) is 24.8 Å². The molecule has 28 heteroatoms. The molecule has 0 spiro atoms. The van der Waals surface area contributed by atoms with E-state index in [1.807, 2.05) is 6.08 Å². The molecule has 0 bridgehead atoms. The van der Waals surface area contributed by atoms with Crippen LogP contribution in [0.4, 0.5) is 5.82 Å². The third kappa shape index (κ3) is 17.2. The van der Waals surface area contributed by atoms with Gasteiger partial charge in [-0.2, -0.15) is 0 Å². The van der Waals surface area contributed by atoms with Gasteiger partial charge in [0.25, 0.3) is 15.6 Å². The number of nitrogens with one attached hydrogen (secondary N) is 2. The number of nitrogens with zero attached hydrogens (tertiary/aromatic N) is 4. The smallest absolute Gasteiger partial charge is 0.274 e. The predicted molar refractivity (Wildman–Crippen MR) is 205 cm³/mol. The number of nitrogen functional groups attached to an aromatic ring is 1. The average Bonchev–Trinajstić information content (AvgIpc) is 3.70. The highest BCUT2D eigenvalue weighted by Gasteiger charge is 2.47. The van der Waals surface area contributed by atoms with Crippen LogP contribution in [0.2, 0.25) is 0 Å². The van der Waals surface area contributed by atoms with Gasteiger partial charge in [-0.1, -0.05) is 64.8 Å². The van der Waals surface area contributed by atoms with Crippen LogP contribution in [-0.2, 0) is 50.7 Å². The minimum absolute atomic E-state index is 0.0207. The lowest BCUT2D eigenvalue weighted by atomic mass is 9.87. The Morgan fingerprint density at radius 1 is 1.05 bits per heavy atom. The fourth-order valence-corrected chi connectivity index (χ4v) is 8.81. The summed E-state index contributed by atoms with van der Waals surface area (Å²) in [6.07, 6.45) is 1.04. The number of phosphoric acid groups is 3. The maximum atomic E-state index is 12.6. The number of hydrogen-bond acceptors (Lipinski definition) is 22. The first-order valence-electron chi connectivity index (χ1n) is 18.6. The molecule has 3 rings (SSSR count). The van der Waals surface area contributed by atoms with E-state index in [9.17, 15) is 57.9 Å². The number of fused-ring (bicyclic) bond motifs is 1. The number of hydrogen-bond donors (Lipinski definition) is 5. The molecular formula is C32H50N7O17P3S-4. The number of phosphoric ester groups is 3. The van der Waals surface area contributed by atoms with Crippen LogP contribution in [0.5, 0.6) is 0 Å². The summed E-state index contributed by atoms with van der Waals surface area (Å²) in [5.41, 5.74) is 4.07. The first kappa shape index (κ1) is 51.6. The number of carbonyl (C=O) groups is 3. The van der Waals surface area contributed by atoms with Crippen molar-refractivity contribution in [2.75, 3.05) is 37.8 Å². The van der Waals surface area contributed by atoms with Crippen molar-refractivity contribution in [3.63, 3.8) is 0 Å². The number of carbonyl (C=O) groups excluding carboxylic acids is 3. The number of aliphatic hydroxyl groups is 2. The Hall–Kier alpha value is -2.70. The molecule has 0 aliphatic carbocycles. The van der Waals surface area contributed by atoms with Crippen LogP contribution in [0, 0.1) is 11.3 Å². The Morgan fingerprint density at radius 3 is 2.43 bits per heavy atom. The summed E-state index contributed by atoms with van der Waals surface area (Å²) in [6.45, 7) is 4.46. The number of allylic oxidation sites excluding steroid dienone is 1. The molecule has 6 N–H and O–H groups in total. The van der Waals surface area contributed by atoms with Crippen LogP contribution in [0.3, 0.4) is 0 Å². The van der Waals surface area contributed by atoms with E-state index >= 15 is 0 Å². The van der Waals surface area contributed by atoms with Gasteiger partial charge in [0.05, 0.1) is 27.4 Å². The van der Waals surface area contributed by atoms with Crippen LogP contribution >= 0.6 is 35.2 Å². The molecule has 2 unspecified atom stereocenters. The first-order valence-corrected chi connectivity index (χ1v) is 23.9. The van der Waals surface area contributed by atoms with Gasteiger partial charge in [0, 0.05) is 30.7 Å². The number of unbranched alkanes of at least 4 members (excludes halogenated alkanes) is 3. The van der Waals surface area contributed by atoms with Gasteiger partial charge in [0.2, 0.25) is 16.9 Å². The second-order valence-electron chi connectivity index (χ2n) is 14.6. The maximum Gasteiger partial charge on any atom is 0.274 e. The number of rotatable bonds is 26. The molecule has 2 aromatic heterocycles. The molecule has 1 aliphatic heterocycles. The number of imidazole rings is 1. The van der Waals surface area contributed by atoms with E-state index in [4.69, 9.17) is 10.5 Å². The predicted octanol–water partition coefficient (Wildman–Crippen LogP) is -0.701. The number of aromatic nitrogens is 4. The molecule has 1 fully saturated rings. The summed E-state index contributed by atoms with van der Waals surface area (Å²) in [5.74, 6) is -0.544. The molecule has 7 atom stereocenters. The van der Waals surface area contributed by atoms with Crippen molar-refractivity contribution in [2.24, 2.45) is 11.3 Å². The summed E-state index contributed by atoms with van der Waals surface area (Å²) >= 11 is 1.04. The normalized spacial score (nSPS) is 21.2. The SMILES string of the molecule is CC(C)CCCCC/C=C/C(=O)SCCNC(=O)CCNC(=O)[C@@H](O)C(C)(C)COP(=O)([O-])OP(=O)([O-])OC[C@@H]1O[C@H](n2cnc3c(N)ncnc32)[C@@H](O)[C@H]1OP(=O)([O-])[O-]. The molecule has 0 radical (unpaired) electrons. The molecular weight excluding hydrogens is 879 g/mol. The van der Waals surface area contributed by atoms with Gasteiger partial charge in [0.1, 0.15) is 36.3 Å². The molecule has 0 saturated carbocycles. The number of anilines is 1. The standard InChI is InChI=1S/C32H54N7O17P3S/c1-20(2)10-8-6-5-7-9-11-23(41)60-15-14-34-22(40)12-13-35-30(44)27(43)32(3,4)17-53-59(50,51)56-58(48,49)52-16-21-26(55-57(45,46)47)25(42)31(54-21)39-19-38-24-28(33)36-18-37-29(24)39/h9,11,18-21,25-27,31,42-43H,5-8,10,12-17H2,1-4H3,(H,34,40)(H,35,44)(H,48,49)(H,50,51)(H2,33,36,37)(H2,45,46,47)/p-4/b11-9+/t21-,25-,26-,27+,31-/m0/s1. The van der Waals surface area contributed by atoms with Gasteiger partial charge in [-0.3, -0.25) is 28.1 Å². The Kier molecular flexibility index (Phi) is 19.9. The number of amides is 2. The zero-order valence-corrected chi connectivity index (χ0v) is 36.7.